The van der Waals surface area contributed by atoms with Crippen LogP contribution in [0.5, 0.6) is 0 Å². The van der Waals surface area contributed by atoms with Gasteiger partial charge in [0.25, 0.3) is 5.91 Å². The maximum atomic E-state index is 12.7. The quantitative estimate of drug-likeness (QED) is 0.659. The molecule has 0 saturated carbocycles. The van der Waals surface area contributed by atoms with Crippen LogP contribution in [-0.2, 0) is 14.3 Å². The molecule has 0 unspecified atom stereocenters. The van der Waals surface area contributed by atoms with Gasteiger partial charge in [0, 0.05) is 5.69 Å². The predicted molar refractivity (Wildman–Crippen MR) is 109 cm³/mol. The Labute approximate surface area is 161 Å². The van der Waals surface area contributed by atoms with Gasteiger partial charge in [-0.2, -0.15) is 0 Å². The molecule has 144 valence electrons. The maximum absolute atomic E-state index is 12.7. The van der Waals surface area contributed by atoms with E-state index in [2.05, 4.69) is 19.2 Å². The molecule has 0 radical (unpaired) electrons. The van der Waals surface area contributed by atoms with E-state index >= 15 is 0 Å². The van der Waals surface area contributed by atoms with Crippen LogP contribution in [-0.4, -0.2) is 18.5 Å². The van der Waals surface area contributed by atoms with Crippen LogP contribution in [0, 0.1) is 5.92 Å². The Morgan fingerprint density at radius 1 is 0.963 bits per heavy atom. The van der Waals surface area contributed by atoms with E-state index in [1.807, 2.05) is 68.4 Å². The molecule has 0 aliphatic rings. The van der Waals surface area contributed by atoms with Gasteiger partial charge in [0.1, 0.15) is 0 Å². The molecule has 0 aromatic heterocycles. The SMILES string of the molecule is CC[C@H](C)[C@@H](C(=O)OCC(=O)Nc1ccccc1C(C)C)c1ccccc1. The van der Waals surface area contributed by atoms with Gasteiger partial charge in [0.2, 0.25) is 0 Å². The third-order valence-electron chi connectivity index (χ3n) is 4.83. The monoisotopic (exact) mass is 367 g/mol. The Morgan fingerprint density at radius 3 is 2.22 bits per heavy atom. The highest BCUT2D eigenvalue weighted by Gasteiger charge is 2.27. The molecule has 2 aromatic rings. The molecule has 0 spiro atoms. The number of hydrogen-bond donors (Lipinski definition) is 1. The van der Waals surface area contributed by atoms with E-state index in [1.165, 1.54) is 0 Å². The van der Waals surface area contributed by atoms with Gasteiger partial charge in [0.15, 0.2) is 6.61 Å². The molecule has 2 atom stereocenters. The summed E-state index contributed by atoms with van der Waals surface area (Å²) in [5.74, 6) is -0.635. The molecule has 1 N–H and O–H groups in total. The summed E-state index contributed by atoms with van der Waals surface area (Å²) in [5.41, 5.74) is 2.73. The molecule has 0 saturated heterocycles. The predicted octanol–water partition coefficient (Wildman–Crippen LogP) is 5.12. The van der Waals surface area contributed by atoms with Crippen LogP contribution in [0.25, 0.3) is 0 Å². The van der Waals surface area contributed by atoms with Crippen LogP contribution in [0.15, 0.2) is 54.6 Å². The van der Waals surface area contributed by atoms with Crippen LogP contribution in [0.3, 0.4) is 0 Å². The van der Waals surface area contributed by atoms with Gasteiger partial charge >= 0.3 is 5.97 Å². The Kier molecular flexibility index (Phi) is 7.59. The van der Waals surface area contributed by atoms with Gasteiger partial charge in [-0.05, 0) is 29.0 Å². The van der Waals surface area contributed by atoms with Gasteiger partial charge < -0.3 is 10.1 Å². The van der Waals surface area contributed by atoms with Crippen molar-refractivity contribution in [1.82, 2.24) is 0 Å². The van der Waals surface area contributed by atoms with Crippen molar-refractivity contribution in [2.75, 3.05) is 11.9 Å². The fraction of sp³-hybridized carbons (Fsp3) is 0.391. The summed E-state index contributed by atoms with van der Waals surface area (Å²) in [6.07, 6.45) is 0.850. The van der Waals surface area contributed by atoms with Crippen molar-refractivity contribution in [1.29, 1.82) is 0 Å². The number of rotatable bonds is 8. The van der Waals surface area contributed by atoms with E-state index < -0.39 is 0 Å². The molecule has 0 bridgehead atoms. The fourth-order valence-corrected chi connectivity index (χ4v) is 3.12. The fourth-order valence-electron chi connectivity index (χ4n) is 3.12. The number of carbonyl (C=O) groups is 2. The first kappa shape index (κ1) is 20.7. The lowest BCUT2D eigenvalue weighted by atomic mass is 9.86. The van der Waals surface area contributed by atoms with Crippen molar-refractivity contribution in [3.8, 4) is 0 Å². The molecule has 27 heavy (non-hydrogen) atoms. The highest BCUT2D eigenvalue weighted by molar-refractivity contribution is 5.94. The smallest absolute Gasteiger partial charge is 0.314 e. The number of ether oxygens (including phenoxy) is 1. The largest absolute Gasteiger partial charge is 0.455 e. The second kappa shape index (κ2) is 9.91. The highest BCUT2D eigenvalue weighted by atomic mass is 16.5. The zero-order chi connectivity index (χ0) is 19.8. The number of para-hydroxylation sites is 1. The zero-order valence-electron chi connectivity index (χ0n) is 16.6. The van der Waals surface area contributed by atoms with Crippen LogP contribution in [0.4, 0.5) is 5.69 Å². The van der Waals surface area contributed by atoms with Crippen LogP contribution in [0.1, 0.15) is 57.1 Å². The van der Waals surface area contributed by atoms with Crippen molar-refractivity contribution in [3.05, 3.63) is 65.7 Å². The molecule has 4 heteroatoms. The van der Waals surface area contributed by atoms with E-state index in [0.29, 0.717) is 0 Å². The topological polar surface area (TPSA) is 55.4 Å². The molecule has 0 aliphatic heterocycles. The molecule has 0 aliphatic carbocycles. The lowest BCUT2D eigenvalue weighted by Gasteiger charge is -2.22. The summed E-state index contributed by atoms with van der Waals surface area (Å²) < 4.78 is 5.36. The second-order valence-corrected chi connectivity index (χ2v) is 7.17. The maximum Gasteiger partial charge on any atom is 0.314 e. The molecule has 1 amide bonds. The van der Waals surface area contributed by atoms with Crippen molar-refractivity contribution in [2.45, 2.75) is 46.0 Å². The molecule has 0 heterocycles. The van der Waals surface area contributed by atoms with Crippen LogP contribution >= 0.6 is 0 Å². The van der Waals surface area contributed by atoms with Crippen molar-refractivity contribution < 1.29 is 14.3 Å². The number of nitrogens with one attached hydrogen (secondary N) is 1. The molecule has 2 aromatic carbocycles. The minimum atomic E-state index is -0.369. The number of hydrogen-bond acceptors (Lipinski definition) is 3. The molecule has 4 nitrogen and oxygen atoms in total. The third-order valence-corrected chi connectivity index (χ3v) is 4.83. The number of anilines is 1. The average molecular weight is 367 g/mol. The number of benzene rings is 2. The van der Waals surface area contributed by atoms with Crippen LogP contribution < -0.4 is 5.32 Å². The molecular weight excluding hydrogens is 338 g/mol. The minimum absolute atomic E-state index is 0.129. The van der Waals surface area contributed by atoms with Crippen molar-refractivity contribution >= 4 is 17.6 Å². The summed E-state index contributed by atoms with van der Waals surface area (Å²) >= 11 is 0. The van der Waals surface area contributed by atoms with E-state index in [4.69, 9.17) is 4.74 Å². The van der Waals surface area contributed by atoms with E-state index in [1.54, 1.807) is 0 Å². The van der Waals surface area contributed by atoms with Gasteiger partial charge in [-0.3, -0.25) is 9.59 Å². The first-order valence-electron chi connectivity index (χ1n) is 9.54. The Morgan fingerprint density at radius 2 is 1.59 bits per heavy atom. The Bertz CT molecular complexity index is 755. The average Bonchev–Trinajstić information content (AvgIpc) is 2.67. The van der Waals surface area contributed by atoms with Gasteiger partial charge in [-0.25, -0.2) is 0 Å². The summed E-state index contributed by atoms with van der Waals surface area (Å²) in [6, 6.07) is 17.3. The van der Waals surface area contributed by atoms with Gasteiger partial charge in [-0.15, -0.1) is 0 Å². The molecular formula is C23H29NO3. The van der Waals surface area contributed by atoms with Gasteiger partial charge in [-0.1, -0.05) is 82.6 Å². The summed E-state index contributed by atoms with van der Waals surface area (Å²) in [5, 5.41) is 2.85. The summed E-state index contributed by atoms with van der Waals surface area (Å²) in [6.45, 7) is 7.93. The van der Waals surface area contributed by atoms with E-state index in [-0.39, 0.29) is 36.2 Å². The van der Waals surface area contributed by atoms with Crippen molar-refractivity contribution in [2.24, 2.45) is 5.92 Å². The Balaban J connectivity index is 2.02. The number of esters is 1. The number of amides is 1. The van der Waals surface area contributed by atoms with E-state index in [9.17, 15) is 9.59 Å². The van der Waals surface area contributed by atoms with Crippen LogP contribution in [0.2, 0.25) is 0 Å². The third kappa shape index (κ3) is 5.68. The second-order valence-electron chi connectivity index (χ2n) is 7.17. The van der Waals surface area contributed by atoms with Crippen molar-refractivity contribution in [3.63, 3.8) is 0 Å². The highest BCUT2D eigenvalue weighted by Crippen LogP contribution is 2.28. The minimum Gasteiger partial charge on any atom is -0.455 e. The number of carbonyl (C=O) groups excluding carboxylic acids is 2. The van der Waals surface area contributed by atoms with Gasteiger partial charge in [0.05, 0.1) is 5.92 Å². The Hall–Kier alpha value is -2.62. The lowest BCUT2D eigenvalue weighted by molar-refractivity contribution is -0.150. The lowest BCUT2D eigenvalue weighted by Crippen LogP contribution is -2.27. The summed E-state index contributed by atoms with van der Waals surface area (Å²) in [4.78, 5) is 25.0. The molecule has 0 fully saturated rings. The standard InChI is InChI=1S/C23H29NO3/c1-5-17(4)22(18-11-7-6-8-12-18)23(26)27-15-21(25)24-20-14-10-9-13-19(20)16(2)3/h6-14,16-17,22H,5,15H2,1-4H3,(H,24,25)/t17-,22+/m0/s1. The summed E-state index contributed by atoms with van der Waals surface area (Å²) in [7, 11) is 0. The first-order chi connectivity index (χ1) is 12.9. The normalized spacial score (nSPS) is 13.1. The zero-order valence-corrected chi connectivity index (χ0v) is 16.6. The first-order valence-corrected chi connectivity index (χ1v) is 9.54. The van der Waals surface area contributed by atoms with E-state index in [0.717, 1.165) is 23.2 Å². The molecule has 2 rings (SSSR count).